The monoisotopic (exact) mass is 267 g/mol. The van der Waals surface area contributed by atoms with E-state index in [0.29, 0.717) is 12.0 Å². The maximum absolute atomic E-state index is 12.2. The topological polar surface area (TPSA) is 44.4 Å². The lowest BCUT2D eigenvalue weighted by molar-refractivity contribution is -0.126. The summed E-state index contributed by atoms with van der Waals surface area (Å²) in [5.41, 5.74) is 0. The third kappa shape index (κ3) is 4.18. The summed E-state index contributed by atoms with van der Waals surface area (Å²) < 4.78 is 0. The third-order valence-corrected chi connectivity index (χ3v) is 4.62. The van der Waals surface area contributed by atoms with Gasteiger partial charge in [-0.15, -0.1) is 0 Å². The molecule has 0 spiro atoms. The van der Waals surface area contributed by atoms with E-state index in [1.165, 1.54) is 19.4 Å². The van der Waals surface area contributed by atoms with Gasteiger partial charge in [-0.25, -0.2) is 0 Å². The summed E-state index contributed by atoms with van der Waals surface area (Å²) in [6, 6.07) is 0.401. The summed E-state index contributed by atoms with van der Waals surface area (Å²) in [4.78, 5) is 14.7. The first-order valence-corrected chi connectivity index (χ1v) is 7.94. The Morgan fingerprint density at radius 1 is 1.32 bits per heavy atom. The quantitative estimate of drug-likeness (QED) is 0.787. The van der Waals surface area contributed by atoms with Crippen molar-refractivity contribution in [1.29, 1.82) is 0 Å². The van der Waals surface area contributed by atoms with Crippen LogP contribution < -0.4 is 10.6 Å². The normalized spacial score (nSPS) is 29.6. The predicted octanol–water partition coefficient (Wildman–Crippen LogP) is 1.22. The summed E-state index contributed by atoms with van der Waals surface area (Å²) in [7, 11) is 0. The van der Waals surface area contributed by atoms with Crippen LogP contribution in [-0.4, -0.2) is 49.6 Å². The van der Waals surface area contributed by atoms with Gasteiger partial charge in [0.05, 0.1) is 5.92 Å². The molecule has 0 aromatic heterocycles. The Morgan fingerprint density at radius 3 is 2.63 bits per heavy atom. The highest BCUT2D eigenvalue weighted by Gasteiger charge is 2.31. The predicted molar refractivity (Wildman–Crippen MR) is 78.0 cm³/mol. The molecule has 19 heavy (non-hydrogen) atoms. The van der Waals surface area contributed by atoms with Crippen molar-refractivity contribution < 1.29 is 4.79 Å². The van der Waals surface area contributed by atoms with Crippen molar-refractivity contribution in [2.24, 2.45) is 11.8 Å². The fraction of sp³-hybridized carbons (Fsp3) is 0.933. The zero-order chi connectivity index (χ0) is 13.7. The lowest BCUT2D eigenvalue weighted by Crippen LogP contribution is -2.47. The molecule has 2 atom stereocenters. The number of nitrogens with zero attached hydrogens (tertiary/aromatic N) is 1. The average Bonchev–Trinajstić information content (AvgIpc) is 2.84. The zero-order valence-corrected chi connectivity index (χ0v) is 12.5. The molecule has 4 heteroatoms. The molecule has 0 saturated carbocycles. The molecule has 0 aromatic rings. The highest BCUT2D eigenvalue weighted by Crippen LogP contribution is 2.17. The Kier molecular flexibility index (Phi) is 5.64. The molecule has 2 N–H and O–H groups in total. The van der Waals surface area contributed by atoms with Gasteiger partial charge in [0, 0.05) is 25.7 Å². The van der Waals surface area contributed by atoms with Gasteiger partial charge in [-0.05, 0) is 38.3 Å². The van der Waals surface area contributed by atoms with Gasteiger partial charge in [-0.2, -0.15) is 0 Å². The summed E-state index contributed by atoms with van der Waals surface area (Å²) in [6.45, 7) is 9.74. The number of unbranched alkanes of at least 4 members (excludes halogenated alkanes) is 1. The second kappa shape index (κ2) is 7.25. The Morgan fingerprint density at radius 2 is 2.05 bits per heavy atom. The van der Waals surface area contributed by atoms with Gasteiger partial charge in [0.1, 0.15) is 0 Å². The molecule has 1 amide bonds. The van der Waals surface area contributed by atoms with Gasteiger partial charge in [0.2, 0.25) is 5.91 Å². The highest BCUT2D eigenvalue weighted by atomic mass is 16.2. The van der Waals surface area contributed by atoms with Crippen LogP contribution in [0.3, 0.4) is 0 Å². The first kappa shape index (κ1) is 14.8. The van der Waals surface area contributed by atoms with Crippen LogP contribution in [-0.2, 0) is 4.79 Å². The minimum atomic E-state index is 0.179. The van der Waals surface area contributed by atoms with Gasteiger partial charge >= 0.3 is 0 Å². The Bertz CT molecular complexity index is 287. The van der Waals surface area contributed by atoms with E-state index in [2.05, 4.69) is 29.4 Å². The number of piperidine rings is 1. The van der Waals surface area contributed by atoms with Crippen LogP contribution in [0, 0.1) is 11.8 Å². The second-order valence-corrected chi connectivity index (χ2v) is 6.22. The largest absolute Gasteiger partial charge is 0.353 e. The molecule has 0 aliphatic carbocycles. The van der Waals surface area contributed by atoms with Crippen LogP contribution in [0.25, 0.3) is 0 Å². The van der Waals surface area contributed by atoms with Crippen molar-refractivity contribution in [3.8, 4) is 0 Å². The SMILES string of the molecule is CCCCN1CCC(NC(=O)C2CNCC2C)CC1. The van der Waals surface area contributed by atoms with Gasteiger partial charge in [0.25, 0.3) is 0 Å². The number of carbonyl (C=O) groups excluding carboxylic acids is 1. The Hall–Kier alpha value is -0.610. The fourth-order valence-corrected chi connectivity index (χ4v) is 3.15. The van der Waals surface area contributed by atoms with Crippen LogP contribution in [0.15, 0.2) is 0 Å². The second-order valence-electron chi connectivity index (χ2n) is 6.22. The van der Waals surface area contributed by atoms with Gasteiger partial charge < -0.3 is 15.5 Å². The summed E-state index contributed by atoms with van der Waals surface area (Å²) >= 11 is 0. The molecule has 2 rings (SSSR count). The molecule has 2 aliphatic heterocycles. The van der Waals surface area contributed by atoms with Crippen LogP contribution in [0.2, 0.25) is 0 Å². The number of hydrogen-bond donors (Lipinski definition) is 2. The number of likely N-dealkylation sites (tertiary alicyclic amines) is 1. The molecule has 4 nitrogen and oxygen atoms in total. The van der Waals surface area contributed by atoms with Crippen LogP contribution in [0.5, 0.6) is 0 Å². The van der Waals surface area contributed by atoms with Crippen molar-refractivity contribution in [2.75, 3.05) is 32.7 Å². The van der Waals surface area contributed by atoms with Crippen molar-refractivity contribution in [3.63, 3.8) is 0 Å². The lowest BCUT2D eigenvalue weighted by Gasteiger charge is -2.33. The Labute approximate surface area is 117 Å². The summed E-state index contributed by atoms with van der Waals surface area (Å²) in [5.74, 6) is 0.923. The first-order chi connectivity index (χ1) is 9.20. The smallest absolute Gasteiger partial charge is 0.224 e. The van der Waals surface area contributed by atoms with Crippen LogP contribution >= 0.6 is 0 Å². The third-order valence-electron chi connectivity index (χ3n) is 4.62. The minimum absolute atomic E-state index is 0.179. The minimum Gasteiger partial charge on any atom is -0.353 e. The van der Waals surface area contributed by atoms with E-state index in [4.69, 9.17) is 0 Å². The van der Waals surface area contributed by atoms with Crippen molar-refractivity contribution in [2.45, 2.75) is 45.6 Å². The Balaban J connectivity index is 1.69. The number of amides is 1. The van der Waals surface area contributed by atoms with Crippen molar-refractivity contribution in [3.05, 3.63) is 0 Å². The fourth-order valence-electron chi connectivity index (χ4n) is 3.15. The molecule has 2 aliphatic rings. The van der Waals surface area contributed by atoms with E-state index < -0.39 is 0 Å². The van der Waals surface area contributed by atoms with E-state index in [0.717, 1.165) is 39.0 Å². The van der Waals surface area contributed by atoms with Crippen LogP contribution in [0.1, 0.15) is 39.5 Å². The number of carbonyl (C=O) groups is 1. The standard InChI is InChI=1S/C15H29N3O/c1-3-4-7-18-8-5-13(6-9-18)17-15(19)14-11-16-10-12(14)2/h12-14,16H,3-11H2,1-2H3,(H,17,19). The molecule has 0 radical (unpaired) electrons. The number of rotatable bonds is 5. The van der Waals surface area contributed by atoms with Gasteiger partial charge in [-0.3, -0.25) is 4.79 Å². The van der Waals surface area contributed by atoms with Crippen molar-refractivity contribution >= 4 is 5.91 Å². The molecular formula is C15H29N3O. The first-order valence-electron chi connectivity index (χ1n) is 7.94. The lowest BCUT2D eigenvalue weighted by atomic mass is 9.96. The van der Waals surface area contributed by atoms with E-state index in [-0.39, 0.29) is 11.8 Å². The van der Waals surface area contributed by atoms with Crippen LogP contribution in [0.4, 0.5) is 0 Å². The highest BCUT2D eigenvalue weighted by molar-refractivity contribution is 5.79. The van der Waals surface area contributed by atoms with Gasteiger partial charge in [-0.1, -0.05) is 20.3 Å². The van der Waals surface area contributed by atoms with E-state index in [9.17, 15) is 4.79 Å². The van der Waals surface area contributed by atoms with E-state index in [1.807, 2.05) is 0 Å². The van der Waals surface area contributed by atoms with E-state index in [1.54, 1.807) is 0 Å². The zero-order valence-electron chi connectivity index (χ0n) is 12.5. The number of nitrogens with one attached hydrogen (secondary N) is 2. The average molecular weight is 267 g/mol. The maximum atomic E-state index is 12.2. The van der Waals surface area contributed by atoms with Crippen molar-refractivity contribution in [1.82, 2.24) is 15.5 Å². The molecule has 2 saturated heterocycles. The summed E-state index contributed by atoms with van der Waals surface area (Å²) in [6.07, 6.45) is 4.79. The summed E-state index contributed by atoms with van der Waals surface area (Å²) in [5, 5.41) is 6.56. The molecule has 110 valence electrons. The molecule has 2 fully saturated rings. The molecular weight excluding hydrogens is 238 g/mol. The number of hydrogen-bond acceptors (Lipinski definition) is 3. The maximum Gasteiger partial charge on any atom is 0.224 e. The molecule has 2 unspecified atom stereocenters. The molecule has 0 aromatic carbocycles. The van der Waals surface area contributed by atoms with E-state index >= 15 is 0 Å². The molecule has 0 bridgehead atoms. The molecule has 2 heterocycles. The van der Waals surface area contributed by atoms with Gasteiger partial charge in [0.15, 0.2) is 0 Å².